The van der Waals surface area contributed by atoms with Gasteiger partial charge in [0, 0.05) is 11.5 Å². The number of ketones is 1. The summed E-state index contributed by atoms with van der Waals surface area (Å²) in [7, 11) is 0. The van der Waals surface area contributed by atoms with Crippen LogP contribution in [0, 0.1) is 5.92 Å². The van der Waals surface area contributed by atoms with Crippen LogP contribution in [0.2, 0.25) is 0 Å². The Kier molecular flexibility index (Phi) is 4.95. The van der Waals surface area contributed by atoms with Gasteiger partial charge in [-0.25, -0.2) is 0 Å². The summed E-state index contributed by atoms with van der Waals surface area (Å²) in [5.74, 6) is 0.0232. The first kappa shape index (κ1) is 12.7. The maximum Gasteiger partial charge on any atom is 0.168 e. The minimum atomic E-state index is -0.409. The Bertz CT molecular complexity index is 349. The molecule has 0 aliphatic carbocycles. The first-order valence-electron chi connectivity index (χ1n) is 5.18. The van der Waals surface area contributed by atoms with Gasteiger partial charge >= 0.3 is 0 Å². The largest absolute Gasteiger partial charge is 0.491 e. The second kappa shape index (κ2) is 6.25. The molecule has 1 aromatic carbocycles. The van der Waals surface area contributed by atoms with Gasteiger partial charge in [-0.05, 0) is 12.1 Å². The van der Waals surface area contributed by atoms with Crippen molar-refractivity contribution in [3.63, 3.8) is 0 Å². The Morgan fingerprint density at radius 1 is 1.44 bits per heavy atom. The molecule has 4 nitrogen and oxygen atoms in total. The van der Waals surface area contributed by atoms with Crippen molar-refractivity contribution in [2.75, 3.05) is 19.8 Å². The van der Waals surface area contributed by atoms with E-state index in [1.165, 1.54) is 0 Å². The van der Waals surface area contributed by atoms with Crippen LogP contribution >= 0.6 is 0 Å². The summed E-state index contributed by atoms with van der Waals surface area (Å²) in [5.41, 5.74) is 0.511. The summed E-state index contributed by atoms with van der Waals surface area (Å²) >= 11 is 0. The molecule has 0 aliphatic rings. The number of hydrogen-bond donors (Lipinski definition) is 2. The van der Waals surface area contributed by atoms with Crippen LogP contribution in [0.1, 0.15) is 17.3 Å². The van der Waals surface area contributed by atoms with Crippen molar-refractivity contribution in [2.45, 2.75) is 6.92 Å². The first-order valence-corrected chi connectivity index (χ1v) is 5.18. The number of aliphatic hydroxyl groups is 2. The van der Waals surface area contributed by atoms with Gasteiger partial charge in [0.15, 0.2) is 5.78 Å². The van der Waals surface area contributed by atoms with Gasteiger partial charge in [-0.1, -0.05) is 19.1 Å². The number of rotatable bonds is 6. The molecule has 0 saturated heterocycles. The van der Waals surface area contributed by atoms with Gasteiger partial charge in [0.05, 0.1) is 13.2 Å². The second-order valence-corrected chi connectivity index (χ2v) is 3.55. The Hall–Kier alpha value is -1.39. The molecule has 0 spiro atoms. The molecule has 16 heavy (non-hydrogen) atoms. The molecular formula is C12H16O4. The van der Waals surface area contributed by atoms with E-state index in [1.54, 1.807) is 31.2 Å². The maximum atomic E-state index is 11.7. The van der Waals surface area contributed by atoms with Crippen molar-refractivity contribution < 1.29 is 19.7 Å². The van der Waals surface area contributed by atoms with Crippen molar-refractivity contribution >= 4 is 5.78 Å². The number of aliphatic hydroxyl groups excluding tert-OH is 2. The van der Waals surface area contributed by atoms with Crippen LogP contribution in [0.15, 0.2) is 24.3 Å². The predicted octanol–water partition coefficient (Wildman–Crippen LogP) is 0.869. The Labute approximate surface area is 94.5 Å². The van der Waals surface area contributed by atoms with E-state index < -0.39 is 5.92 Å². The molecule has 0 radical (unpaired) electrons. The highest BCUT2D eigenvalue weighted by atomic mass is 16.5. The zero-order valence-corrected chi connectivity index (χ0v) is 9.22. The molecule has 0 aliphatic heterocycles. The van der Waals surface area contributed by atoms with E-state index in [9.17, 15) is 4.79 Å². The van der Waals surface area contributed by atoms with Gasteiger partial charge in [-0.3, -0.25) is 4.79 Å². The third-order valence-corrected chi connectivity index (χ3v) is 2.20. The van der Waals surface area contributed by atoms with Gasteiger partial charge in [0.25, 0.3) is 0 Å². The zero-order valence-electron chi connectivity index (χ0n) is 9.22. The second-order valence-electron chi connectivity index (χ2n) is 3.55. The van der Waals surface area contributed by atoms with Crippen LogP contribution < -0.4 is 4.74 Å². The number of hydrogen-bond acceptors (Lipinski definition) is 4. The van der Waals surface area contributed by atoms with Crippen LogP contribution in [0.4, 0.5) is 0 Å². The van der Waals surface area contributed by atoms with E-state index in [0.29, 0.717) is 11.3 Å². The number of ether oxygens (including phenoxy) is 1. The number of benzene rings is 1. The molecule has 0 fully saturated rings. The lowest BCUT2D eigenvalue weighted by Gasteiger charge is -2.09. The third kappa shape index (κ3) is 3.32. The van der Waals surface area contributed by atoms with Crippen LogP contribution in [0.5, 0.6) is 5.75 Å². The fourth-order valence-electron chi connectivity index (χ4n) is 1.27. The number of Topliss-reactive ketones (excluding diaryl/α,β-unsaturated/α-hetero) is 1. The zero-order chi connectivity index (χ0) is 12.0. The lowest BCUT2D eigenvalue weighted by molar-refractivity contribution is 0.0877. The fraction of sp³-hybridized carbons (Fsp3) is 0.417. The molecule has 1 unspecified atom stereocenters. The van der Waals surface area contributed by atoms with Crippen molar-refractivity contribution in [1.82, 2.24) is 0 Å². The third-order valence-electron chi connectivity index (χ3n) is 2.20. The van der Waals surface area contributed by atoms with E-state index in [2.05, 4.69) is 0 Å². The molecular weight excluding hydrogens is 208 g/mol. The van der Waals surface area contributed by atoms with Gasteiger partial charge in [0.2, 0.25) is 0 Å². The van der Waals surface area contributed by atoms with Crippen LogP contribution in [0.3, 0.4) is 0 Å². The van der Waals surface area contributed by atoms with E-state index in [1.807, 2.05) is 0 Å². The van der Waals surface area contributed by atoms with Crippen LogP contribution in [-0.2, 0) is 0 Å². The van der Waals surface area contributed by atoms with Gasteiger partial charge in [-0.2, -0.15) is 0 Å². The van der Waals surface area contributed by atoms with E-state index in [0.717, 1.165) is 0 Å². The summed E-state index contributed by atoms with van der Waals surface area (Å²) in [6.45, 7) is 1.64. The van der Waals surface area contributed by atoms with Gasteiger partial charge < -0.3 is 14.9 Å². The molecule has 1 aromatic rings. The topological polar surface area (TPSA) is 66.8 Å². The molecule has 1 atom stereocenters. The highest BCUT2D eigenvalue weighted by Crippen LogP contribution is 2.16. The van der Waals surface area contributed by atoms with Gasteiger partial charge in [0.1, 0.15) is 12.4 Å². The van der Waals surface area contributed by atoms with Gasteiger partial charge in [-0.15, -0.1) is 0 Å². The highest BCUT2D eigenvalue weighted by molar-refractivity contribution is 5.98. The smallest absolute Gasteiger partial charge is 0.168 e. The van der Waals surface area contributed by atoms with E-state index >= 15 is 0 Å². The lowest BCUT2D eigenvalue weighted by Crippen LogP contribution is -2.15. The number of carbonyl (C=O) groups is 1. The molecule has 0 amide bonds. The summed E-state index contributed by atoms with van der Waals surface area (Å²) in [5, 5.41) is 17.5. The average Bonchev–Trinajstić information content (AvgIpc) is 2.34. The predicted molar refractivity (Wildman–Crippen MR) is 59.6 cm³/mol. The van der Waals surface area contributed by atoms with Crippen molar-refractivity contribution in [1.29, 1.82) is 0 Å². The summed E-state index contributed by atoms with van der Waals surface area (Å²) in [6.07, 6.45) is 0. The molecule has 2 N–H and O–H groups in total. The lowest BCUT2D eigenvalue weighted by atomic mass is 10.0. The number of carbonyl (C=O) groups excluding carboxylic acids is 1. The van der Waals surface area contributed by atoms with E-state index in [4.69, 9.17) is 14.9 Å². The SMILES string of the molecule is CC(CO)C(=O)c1cccc(OCCO)c1. The standard InChI is InChI=1S/C12H16O4/c1-9(8-14)12(15)10-3-2-4-11(7-10)16-6-5-13/h2-4,7,9,13-14H,5-6,8H2,1H3. The van der Waals surface area contributed by atoms with Crippen molar-refractivity contribution in [3.8, 4) is 5.75 Å². The highest BCUT2D eigenvalue weighted by Gasteiger charge is 2.14. The van der Waals surface area contributed by atoms with Crippen LogP contribution in [0.25, 0.3) is 0 Å². The Morgan fingerprint density at radius 2 is 2.19 bits per heavy atom. The monoisotopic (exact) mass is 224 g/mol. The minimum absolute atomic E-state index is 0.0643. The Balaban J connectivity index is 2.77. The summed E-state index contributed by atoms with van der Waals surface area (Å²) in [4.78, 5) is 11.7. The first-order chi connectivity index (χ1) is 7.69. The maximum absolute atomic E-state index is 11.7. The quantitative estimate of drug-likeness (QED) is 0.703. The summed E-state index contributed by atoms with van der Waals surface area (Å²) < 4.78 is 5.19. The molecule has 0 heterocycles. The molecule has 1 rings (SSSR count). The van der Waals surface area contributed by atoms with Crippen LogP contribution in [-0.4, -0.2) is 35.8 Å². The molecule has 0 bridgehead atoms. The van der Waals surface area contributed by atoms with Crippen molar-refractivity contribution in [3.05, 3.63) is 29.8 Å². The minimum Gasteiger partial charge on any atom is -0.491 e. The fourth-order valence-corrected chi connectivity index (χ4v) is 1.27. The normalized spacial score (nSPS) is 12.2. The van der Waals surface area contributed by atoms with E-state index in [-0.39, 0.29) is 25.6 Å². The molecule has 4 heteroatoms. The summed E-state index contributed by atoms with van der Waals surface area (Å²) in [6, 6.07) is 6.73. The molecule has 88 valence electrons. The molecule has 0 aromatic heterocycles. The Morgan fingerprint density at radius 3 is 2.81 bits per heavy atom. The molecule has 0 saturated carbocycles. The average molecular weight is 224 g/mol. The van der Waals surface area contributed by atoms with Crippen molar-refractivity contribution in [2.24, 2.45) is 5.92 Å².